The summed E-state index contributed by atoms with van der Waals surface area (Å²) in [5.74, 6) is 0. The number of anilines is 1. The zero-order chi connectivity index (χ0) is 13.5. The molecule has 4 rings (SSSR count). The van der Waals surface area contributed by atoms with Crippen LogP contribution in [0.5, 0.6) is 0 Å². The number of thiophene rings is 1. The number of hydrogen-bond acceptors (Lipinski definition) is 3. The van der Waals surface area contributed by atoms with E-state index in [0.29, 0.717) is 6.04 Å². The summed E-state index contributed by atoms with van der Waals surface area (Å²) in [5.41, 5.74) is 3.56. The average Bonchev–Trinajstić information content (AvgIpc) is 3.04. The molecule has 5 heteroatoms. The number of aromatic amines is 1. The second kappa shape index (κ2) is 4.79. The minimum absolute atomic E-state index is 0.364. The van der Waals surface area contributed by atoms with Crippen molar-refractivity contribution >= 4 is 39.5 Å². The van der Waals surface area contributed by atoms with Crippen LogP contribution in [-0.4, -0.2) is 10.2 Å². The molecular formula is C15H14ClN3S. The lowest BCUT2D eigenvalue weighted by Crippen LogP contribution is -2.15. The van der Waals surface area contributed by atoms with Gasteiger partial charge in [-0.15, -0.1) is 11.3 Å². The van der Waals surface area contributed by atoms with E-state index in [9.17, 15) is 0 Å². The fraction of sp³-hybridized carbons (Fsp3) is 0.267. The van der Waals surface area contributed by atoms with Crippen molar-refractivity contribution in [1.29, 1.82) is 0 Å². The number of nitrogens with one attached hydrogen (secondary N) is 2. The third-order valence-electron chi connectivity index (χ3n) is 3.87. The standard InChI is InChI=1S/C15H14ClN3S/c16-15-7-11-12(2-1-3-14(11)20-15)18-10-5-4-9-8-17-19-13(9)6-10/h4-8,12,18H,1-3H2,(H,17,19). The third-order valence-corrected chi connectivity index (χ3v) is 5.21. The molecule has 0 spiro atoms. The van der Waals surface area contributed by atoms with Gasteiger partial charge in [0.05, 0.1) is 22.1 Å². The highest BCUT2D eigenvalue weighted by molar-refractivity contribution is 7.16. The van der Waals surface area contributed by atoms with E-state index in [0.717, 1.165) is 33.8 Å². The lowest BCUT2D eigenvalue weighted by molar-refractivity contribution is 0.609. The van der Waals surface area contributed by atoms with Crippen LogP contribution in [0.15, 0.2) is 30.5 Å². The van der Waals surface area contributed by atoms with Crippen molar-refractivity contribution in [3.8, 4) is 0 Å². The van der Waals surface area contributed by atoms with Crippen molar-refractivity contribution in [2.24, 2.45) is 0 Å². The number of aromatic nitrogens is 2. The second-order valence-electron chi connectivity index (χ2n) is 5.19. The molecule has 2 aromatic heterocycles. The number of aryl methyl sites for hydroxylation is 1. The van der Waals surface area contributed by atoms with Crippen LogP contribution in [0.2, 0.25) is 4.34 Å². The smallest absolute Gasteiger partial charge is 0.0934 e. The Morgan fingerprint density at radius 1 is 1.35 bits per heavy atom. The van der Waals surface area contributed by atoms with Crippen molar-refractivity contribution < 1.29 is 0 Å². The number of hydrogen-bond donors (Lipinski definition) is 2. The van der Waals surface area contributed by atoms with Crippen LogP contribution in [0, 0.1) is 0 Å². The van der Waals surface area contributed by atoms with Gasteiger partial charge >= 0.3 is 0 Å². The van der Waals surface area contributed by atoms with E-state index >= 15 is 0 Å². The predicted molar refractivity (Wildman–Crippen MR) is 84.7 cm³/mol. The Morgan fingerprint density at radius 3 is 3.25 bits per heavy atom. The van der Waals surface area contributed by atoms with E-state index in [-0.39, 0.29) is 0 Å². The molecule has 1 atom stereocenters. The molecule has 0 fully saturated rings. The molecule has 0 aliphatic heterocycles. The molecule has 0 amide bonds. The summed E-state index contributed by atoms with van der Waals surface area (Å²) in [6.45, 7) is 0. The minimum Gasteiger partial charge on any atom is -0.378 e. The highest BCUT2D eigenvalue weighted by Gasteiger charge is 2.22. The molecule has 0 saturated carbocycles. The Balaban J connectivity index is 1.65. The Hall–Kier alpha value is -1.52. The quantitative estimate of drug-likeness (QED) is 0.716. The molecule has 1 aromatic carbocycles. The normalized spacial score (nSPS) is 18.1. The van der Waals surface area contributed by atoms with E-state index in [1.165, 1.54) is 16.9 Å². The largest absolute Gasteiger partial charge is 0.378 e. The van der Waals surface area contributed by atoms with Gasteiger partial charge in [0.2, 0.25) is 0 Å². The zero-order valence-electron chi connectivity index (χ0n) is 10.8. The van der Waals surface area contributed by atoms with Crippen LogP contribution in [0.1, 0.15) is 29.3 Å². The van der Waals surface area contributed by atoms with Gasteiger partial charge in [0.15, 0.2) is 0 Å². The number of benzene rings is 1. The highest BCUT2D eigenvalue weighted by atomic mass is 35.5. The van der Waals surface area contributed by atoms with Crippen molar-refractivity contribution in [2.45, 2.75) is 25.3 Å². The van der Waals surface area contributed by atoms with Gasteiger partial charge in [-0.2, -0.15) is 5.10 Å². The van der Waals surface area contributed by atoms with Gasteiger partial charge in [-0.3, -0.25) is 5.10 Å². The molecule has 0 bridgehead atoms. The van der Waals surface area contributed by atoms with Crippen molar-refractivity contribution in [1.82, 2.24) is 10.2 Å². The number of H-pyrrole nitrogens is 1. The summed E-state index contributed by atoms with van der Waals surface area (Å²) in [4.78, 5) is 1.43. The molecule has 102 valence electrons. The summed E-state index contributed by atoms with van der Waals surface area (Å²) >= 11 is 7.88. The fourth-order valence-corrected chi connectivity index (χ4v) is 4.28. The number of rotatable bonds is 2. The highest BCUT2D eigenvalue weighted by Crippen LogP contribution is 2.39. The molecule has 0 saturated heterocycles. The third kappa shape index (κ3) is 2.09. The first-order chi connectivity index (χ1) is 9.79. The summed E-state index contributed by atoms with van der Waals surface area (Å²) in [5, 5.41) is 11.8. The van der Waals surface area contributed by atoms with Gasteiger partial charge in [-0.25, -0.2) is 0 Å². The number of fused-ring (bicyclic) bond motifs is 2. The van der Waals surface area contributed by atoms with Crippen LogP contribution in [-0.2, 0) is 6.42 Å². The molecule has 3 aromatic rings. The molecule has 1 unspecified atom stereocenters. The predicted octanol–water partition coefficient (Wildman–Crippen LogP) is 4.77. The Morgan fingerprint density at radius 2 is 2.30 bits per heavy atom. The van der Waals surface area contributed by atoms with Gasteiger partial charge in [-0.05, 0) is 49.1 Å². The van der Waals surface area contributed by atoms with Crippen LogP contribution >= 0.6 is 22.9 Å². The van der Waals surface area contributed by atoms with Gasteiger partial charge < -0.3 is 5.32 Å². The fourth-order valence-electron chi connectivity index (χ4n) is 2.90. The van der Waals surface area contributed by atoms with E-state index < -0.39 is 0 Å². The zero-order valence-corrected chi connectivity index (χ0v) is 12.4. The minimum atomic E-state index is 0.364. The van der Waals surface area contributed by atoms with Crippen LogP contribution in [0.3, 0.4) is 0 Å². The molecule has 0 radical (unpaired) electrons. The monoisotopic (exact) mass is 303 g/mol. The average molecular weight is 304 g/mol. The maximum absolute atomic E-state index is 6.16. The topological polar surface area (TPSA) is 40.7 Å². The molecule has 2 N–H and O–H groups in total. The van der Waals surface area contributed by atoms with Gasteiger partial charge in [0.1, 0.15) is 0 Å². The van der Waals surface area contributed by atoms with Crippen LogP contribution in [0.4, 0.5) is 5.69 Å². The lowest BCUT2D eigenvalue weighted by atomic mass is 9.94. The maximum atomic E-state index is 6.16. The Labute approximate surface area is 126 Å². The first kappa shape index (κ1) is 12.2. The molecular weight excluding hydrogens is 290 g/mol. The molecule has 1 aliphatic carbocycles. The SMILES string of the molecule is Clc1cc2c(s1)CCCC2Nc1ccc2cn[nH]c2c1. The maximum Gasteiger partial charge on any atom is 0.0934 e. The lowest BCUT2D eigenvalue weighted by Gasteiger charge is -2.24. The Bertz CT molecular complexity index is 761. The summed E-state index contributed by atoms with van der Waals surface area (Å²) < 4.78 is 0.896. The van der Waals surface area contributed by atoms with Crippen LogP contribution < -0.4 is 5.32 Å². The van der Waals surface area contributed by atoms with E-state index in [1.807, 2.05) is 6.20 Å². The number of halogens is 1. The Kier molecular flexibility index (Phi) is 2.93. The summed E-state index contributed by atoms with van der Waals surface area (Å²) in [7, 11) is 0. The molecule has 2 heterocycles. The molecule has 1 aliphatic rings. The summed E-state index contributed by atoms with van der Waals surface area (Å²) in [6, 6.07) is 8.80. The van der Waals surface area contributed by atoms with Crippen molar-refractivity contribution in [3.63, 3.8) is 0 Å². The number of nitrogens with zero attached hydrogens (tertiary/aromatic N) is 1. The van der Waals surface area contributed by atoms with Gasteiger partial charge in [0, 0.05) is 16.0 Å². The van der Waals surface area contributed by atoms with Gasteiger partial charge in [-0.1, -0.05) is 11.6 Å². The first-order valence-corrected chi connectivity index (χ1v) is 7.97. The summed E-state index contributed by atoms with van der Waals surface area (Å²) in [6.07, 6.45) is 5.37. The van der Waals surface area contributed by atoms with Crippen molar-refractivity contribution in [3.05, 3.63) is 45.2 Å². The second-order valence-corrected chi connectivity index (χ2v) is 6.96. The van der Waals surface area contributed by atoms with E-state index in [2.05, 4.69) is 39.8 Å². The van der Waals surface area contributed by atoms with Crippen molar-refractivity contribution in [2.75, 3.05) is 5.32 Å². The van der Waals surface area contributed by atoms with Crippen LogP contribution in [0.25, 0.3) is 10.9 Å². The van der Waals surface area contributed by atoms with E-state index in [1.54, 1.807) is 11.3 Å². The van der Waals surface area contributed by atoms with E-state index in [4.69, 9.17) is 11.6 Å². The molecule has 3 nitrogen and oxygen atoms in total. The first-order valence-electron chi connectivity index (χ1n) is 6.77. The molecule has 20 heavy (non-hydrogen) atoms. The van der Waals surface area contributed by atoms with Gasteiger partial charge in [0.25, 0.3) is 0 Å².